The molecule has 0 aromatic carbocycles. The molecule has 0 heterocycles. The molecule has 4 aliphatic carbocycles. The number of fused-ring (bicyclic) bond motifs is 3. The van der Waals surface area contributed by atoms with Gasteiger partial charge in [-0.15, -0.1) is 0 Å². The molecular formula is C20H32O2. The van der Waals surface area contributed by atoms with Gasteiger partial charge >= 0.3 is 0 Å². The third-order valence-electron chi connectivity index (χ3n) is 8.79. The van der Waals surface area contributed by atoms with E-state index >= 15 is 0 Å². The Morgan fingerprint density at radius 1 is 1.00 bits per heavy atom. The van der Waals surface area contributed by atoms with Gasteiger partial charge in [0, 0.05) is 11.8 Å². The summed E-state index contributed by atoms with van der Waals surface area (Å²) in [6.45, 7) is 8.97. The SMILES string of the molecule is CC1(O)CC23CCC4C(C)(C)C(=O)CCC4(C)C2CCC1C3. The zero-order chi connectivity index (χ0) is 16.0. The van der Waals surface area contributed by atoms with Crippen molar-refractivity contribution < 1.29 is 9.90 Å². The third kappa shape index (κ3) is 1.68. The minimum absolute atomic E-state index is 0.146. The van der Waals surface area contributed by atoms with Gasteiger partial charge in [0.1, 0.15) is 5.78 Å². The van der Waals surface area contributed by atoms with Crippen LogP contribution in [0.2, 0.25) is 0 Å². The molecule has 124 valence electrons. The van der Waals surface area contributed by atoms with E-state index in [0.29, 0.717) is 28.4 Å². The van der Waals surface area contributed by atoms with Gasteiger partial charge in [-0.1, -0.05) is 20.8 Å². The van der Waals surface area contributed by atoms with Gasteiger partial charge in [0.2, 0.25) is 0 Å². The van der Waals surface area contributed by atoms with Crippen LogP contribution in [0.15, 0.2) is 0 Å². The molecule has 2 heteroatoms. The highest BCUT2D eigenvalue weighted by Gasteiger charge is 2.67. The summed E-state index contributed by atoms with van der Waals surface area (Å²) in [6.07, 6.45) is 8.99. The zero-order valence-corrected chi connectivity index (χ0v) is 14.7. The molecule has 1 N–H and O–H groups in total. The van der Waals surface area contributed by atoms with Crippen molar-refractivity contribution in [3.8, 4) is 0 Å². The Hall–Kier alpha value is -0.370. The molecule has 0 aromatic heterocycles. The Kier molecular flexibility index (Phi) is 2.88. The van der Waals surface area contributed by atoms with Crippen LogP contribution in [-0.4, -0.2) is 16.5 Å². The van der Waals surface area contributed by atoms with E-state index in [0.717, 1.165) is 25.2 Å². The first kappa shape index (κ1) is 15.2. The van der Waals surface area contributed by atoms with Crippen LogP contribution >= 0.6 is 0 Å². The number of Topliss-reactive ketones (excluding diaryl/α,β-unsaturated/α-hetero) is 1. The Labute approximate surface area is 135 Å². The second kappa shape index (κ2) is 4.18. The van der Waals surface area contributed by atoms with Crippen molar-refractivity contribution >= 4 is 5.78 Å². The van der Waals surface area contributed by atoms with E-state index in [4.69, 9.17) is 0 Å². The third-order valence-corrected chi connectivity index (χ3v) is 8.79. The van der Waals surface area contributed by atoms with Crippen molar-refractivity contribution in [2.45, 2.75) is 84.7 Å². The lowest BCUT2D eigenvalue weighted by atomic mass is 9.41. The maximum Gasteiger partial charge on any atom is 0.138 e. The van der Waals surface area contributed by atoms with Crippen LogP contribution in [0.25, 0.3) is 0 Å². The Balaban J connectivity index is 1.74. The quantitative estimate of drug-likeness (QED) is 0.722. The van der Waals surface area contributed by atoms with Gasteiger partial charge in [0.15, 0.2) is 0 Å². The van der Waals surface area contributed by atoms with E-state index in [-0.39, 0.29) is 5.41 Å². The average Bonchev–Trinajstić information content (AvgIpc) is 2.60. The predicted molar refractivity (Wildman–Crippen MR) is 87.4 cm³/mol. The van der Waals surface area contributed by atoms with Crippen LogP contribution in [0.3, 0.4) is 0 Å². The van der Waals surface area contributed by atoms with Gasteiger partial charge in [-0.25, -0.2) is 0 Å². The van der Waals surface area contributed by atoms with Gasteiger partial charge in [-0.2, -0.15) is 0 Å². The fourth-order valence-electron chi connectivity index (χ4n) is 7.82. The summed E-state index contributed by atoms with van der Waals surface area (Å²) in [5, 5.41) is 10.9. The molecule has 6 unspecified atom stereocenters. The first-order chi connectivity index (χ1) is 10.1. The van der Waals surface area contributed by atoms with Crippen molar-refractivity contribution in [3.05, 3.63) is 0 Å². The highest BCUT2D eigenvalue weighted by Crippen LogP contribution is 2.72. The lowest BCUT2D eigenvalue weighted by molar-refractivity contribution is -0.165. The lowest BCUT2D eigenvalue weighted by Crippen LogP contribution is -2.58. The molecule has 0 saturated heterocycles. The van der Waals surface area contributed by atoms with Gasteiger partial charge in [0.25, 0.3) is 0 Å². The molecule has 4 saturated carbocycles. The molecule has 6 atom stereocenters. The zero-order valence-electron chi connectivity index (χ0n) is 14.7. The van der Waals surface area contributed by atoms with Crippen LogP contribution in [0, 0.1) is 34.0 Å². The predicted octanol–water partition coefficient (Wildman–Crippen LogP) is 4.35. The van der Waals surface area contributed by atoms with Gasteiger partial charge in [0.05, 0.1) is 5.60 Å². The number of rotatable bonds is 0. The van der Waals surface area contributed by atoms with Gasteiger partial charge in [-0.05, 0) is 80.5 Å². The molecule has 0 aliphatic heterocycles. The molecular weight excluding hydrogens is 272 g/mol. The summed E-state index contributed by atoms with van der Waals surface area (Å²) in [6, 6.07) is 0. The maximum atomic E-state index is 12.5. The molecule has 0 aromatic rings. The standard InChI is InChI=1S/C20H32O2/c1-17(2)14-7-10-20-11-13(19(4,22)12-20)5-6-15(20)18(14,3)9-8-16(17)21/h13-15,22H,5-12H2,1-4H3. The van der Waals surface area contributed by atoms with Crippen molar-refractivity contribution in [2.75, 3.05) is 0 Å². The van der Waals surface area contributed by atoms with Crippen LogP contribution in [0.4, 0.5) is 0 Å². The lowest BCUT2D eigenvalue weighted by Gasteiger charge is -2.63. The smallest absolute Gasteiger partial charge is 0.138 e. The number of carbonyl (C=O) groups excluding carboxylic acids is 1. The minimum atomic E-state index is -0.446. The Bertz CT molecular complexity index is 520. The summed E-state index contributed by atoms with van der Waals surface area (Å²) in [4.78, 5) is 12.5. The largest absolute Gasteiger partial charge is 0.390 e. The summed E-state index contributed by atoms with van der Waals surface area (Å²) >= 11 is 0. The summed E-state index contributed by atoms with van der Waals surface area (Å²) in [5.41, 5.74) is 0.0831. The highest BCUT2D eigenvalue weighted by atomic mass is 16.3. The normalized spacial score (nSPS) is 56.4. The number of hydrogen-bond donors (Lipinski definition) is 1. The van der Waals surface area contributed by atoms with E-state index in [9.17, 15) is 9.90 Å². The van der Waals surface area contributed by atoms with Crippen LogP contribution in [0.5, 0.6) is 0 Å². The Morgan fingerprint density at radius 2 is 1.73 bits per heavy atom. The summed E-state index contributed by atoms with van der Waals surface area (Å²) in [7, 11) is 0. The maximum absolute atomic E-state index is 12.5. The second-order valence-electron chi connectivity index (χ2n) is 10.2. The topological polar surface area (TPSA) is 37.3 Å². The molecule has 1 spiro atoms. The first-order valence-corrected chi connectivity index (χ1v) is 9.38. The van der Waals surface area contributed by atoms with E-state index in [1.54, 1.807) is 0 Å². The molecule has 2 bridgehead atoms. The number of ketones is 1. The molecule has 4 fully saturated rings. The van der Waals surface area contributed by atoms with Crippen molar-refractivity contribution in [2.24, 2.45) is 34.0 Å². The summed E-state index contributed by atoms with van der Waals surface area (Å²) < 4.78 is 0. The van der Waals surface area contributed by atoms with Gasteiger partial charge < -0.3 is 5.11 Å². The van der Waals surface area contributed by atoms with Crippen molar-refractivity contribution in [1.82, 2.24) is 0 Å². The van der Waals surface area contributed by atoms with E-state index in [1.165, 1.54) is 32.1 Å². The number of hydrogen-bond acceptors (Lipinski definition) is 2. The van der Waals surface area contributed by atoms with Crippen LogP contribution in [-0.2, 0) is 4.79 Å². The fourth-order valence-corrected chi connectivity index (χ4v) is 7.82. The van der Waals surface area contributed by atoms with E-state index < -0.39 is 5.60 Å². The monoisotopic (exact) mass is 304 g/mol. The second-order valence-corrected chi connectivity index (χ2v) is 10.2. The fraction of sp³-hybridized carbons (Fsp3) is 0.950. The number of carbonyl (C=O) groups is 1. The van der Waals surface area contributed by atoms with E-state index in [1.807, 2.05) is 0 Å². The van der Waals surface area contributed by atoms with Crippen molar-refractivity contribution in [1.29, 1.82) is 0 Å². The van der Waals surface area contributed by atoms with Gasteiger partial charge in [-0.3, -0.25) is 4.79 Å². The summed E-state index contributed by atoms with van der Waals surface area (Å²) in [5.74, 6) is 2.26. The molecule has 0 amide bonds. The van der Waals surface area contributed by atoms with Crippen LogP contribution < -0.4 is 0 Å². The van der Waals surface area contributed by atoms with Crippen LogP contribution in [0.1, 0.15) is 79.1 Å². The number of aliphatic hydroxyl groups is 1. The molecule has 4 rings (SSSR count). The minimum Gasteiger partial charge on any atom is -0.390 e. The molecule has 22 heavy (non-hydrogen) atoms. The highest BCUT2D eigenvalue weighted by molar-refractivity contribution is 5.85. The molecule has 0 radical (unpaired) electrons. The van der Waals surface area contributed by atoms with Crippen molar-refractivity contribution in [3.63, 3.8) is 0 Å². The first-order valence-electron chi connectivity index (χ1n) is 9.38. The molecule has 2 nitrogen and oxygen atoms in total. The average molecular weight is 304 g/mol. The Morgan fingerprint density at radius 3 is 2.45 bits per heavy atom. The van der Waals surface area contributed by atoms with E-state index in [2.05, 4.69) is 27.7 Å². The molecule has 4 aliphatic rings.